The van der Waals surface area contributed by atoms with Crippen LogP contribution in [-0.2, 0) is 0 Å². The lowest BCUT2D eigenvalue weighted by Crippen LogP contribution is -2.49. The Morgan fingerprint density at radius 3 is 1.83 bits per heavy atom. The fraction of sp³-hybridized carbons (Fsp3) is 0.538. The van der Waals surface area contributed by atoms with E-state index in [0.29, 0.717) is 13.1 Å². The Morgan fingerprint density at radius 1 is 0.917 bits per heavy atom. The molecule has 0 amide bonds. The molecule has 0 unspecified atom stereocenters. The SMILES string of the molecule is Cl.Cl.FC(F)(F)Oc1ccc([C@@H](N2CCNCC2)C(F)(F)F)cc1. The normalized spacial score (nSPS) is 17.4. The Morgan fingerprint density at radius 2 is 1.42 bits per heavy atom. The van der Waals surface area contributed by atoms with Gasteiger partial charge < -0.3 is 10.1 Å². The fourth-order valence-corrected chi connectivity index (χ4v) is 2.40. The quantitative estimate of drug-likeness (QED) is 0.777. The predicted molar refractivity (Wildman–Crippen MR) is 80.9 cm³/mol. The second-order valence-corrected chi connectivity index (χ2v) is 4.85. The van der Waals surface area contributed by atoms with E-state index in [4.69, 9.17) is 0 Å². The maximum absolute atomic E-state index is 13.3. The first-order valence-electron chi connectivity index (χ1n) is 6.54. The van der Waals surface area contributed by atoms with E-state index in [1.807, 2.05) is 0 Å². The van der Waals surface area contributed by atoms with Crippen LogP contribution in [0.4, 0.5) is 26.3 Å². The van der Waals surface area contributed by atoms with Gasteiger partial charge in [0, 0.05) is 26.2 Å². The molecule has 1 N–H and O–H groups in total. The van der Waals surface area contributed by atoms with E-state index >= 15 is 0 Å². The third kappa shape index (κ3) is 6.54. The van der Waals surface area contributed by atoms with Crippen LogP contribution >= 0.6 is 24.8 Å². The van der Waals surface area contributed by atoms with Crippen molar-refractivity contribution in [3.8, 4) is 5.75 Å². The van der Waals surface area contributed by atoms with E-state index in [1.165, 1.54) is 4.90 Å². The van der Waals surface area contributed by atoms with Crippen molar-refractivity contribution in [3.05, 3.63) is 29.8 Å². The number of hydrogen-bond donors (Lipinski definition) is 1. The van der Waals surface area contributed by atoms with Gasteiger partial charge in [0.25, 0.3) is 0 Å². The molecule has 24 heavy (non-hydrogen) atoms. The van der Waals surface area contributed by atoms with Crippen molar-refractivity contribution in [2.24, 2.45) is 0 Å². The summed E-state index contributed by atoms with van der Waals surface area (Å²) in [6.07, 6.45) is -9.38. The molecule has 1 aromatic rings. The van der Waals surface area contributed by atoms with Gasteiger partial charge >= 0.3 is 12.5 Å². The molecule has 1 fully saturated rings. The number of nitrogens with zero attached hydrogens (tertiary/aromatic N) is 1. The molecule has 0 bridgehead atoms. The van der Waals surface area contributed by atoms with Crippen molar-refractivity contribution in [2.75, 3.05) is 26.2 Å². The Bertz CT molecular complexity index is 489. The summed E-state index contributed by atoms with van der Waals surface area (Å²) in [4.78, 5) is 1.26. The largest absolute Gasteiger partial charge is 0.573 e. The van der Waals surface area contributed by atoms with Crippen LogP contribution in [0.1, 0.15) is 11.6 Å². The number of piperazine rings is 1. The highest BCUT2D eigenvalue weighted by atomic mass is 35.5. The zero-order valence-electron chi connectivity index (χ0n) is 12.2. The second-order valence-electron chi connectivity index (χ2n) is 4.85. The van der Waals surface area contributed by atoms with Gasteiger partial charge in [0.15, 0.2) is 0 Å². The van der Waals surface area contributed by atoms with E-state index in [2.05, 4.69) is 10.1 Å². The number of rotatable bonds is 3. The minimum Gasteiger partial charge on any atom is -0.406 e. The lowest BCUT2D eigenvalue weighted by molar-refractivity contribution is -0.274. The summed E-state index contributed by atoms with van der Waals surface area (Å²) >= 11 is 0. The van der Waals surface area contributed by atoms with Gasteiger partial charge in [-0.1, -0.05) is 12.1 Å². The summed E-state index contributed by atoms with van der Waals surface area (Å²) in [7, 11) is 0. The molecule has 3 nitrogen and oxygen atoms in total. The molecule has 1 aliphatic rings. The Labute approximate surface area is 147 Å². The van der Waals surface area contributed by atoms with Crippen molar-refractivity contribution < 1.29 is 31.1 Å². The average molecular weight is 401 g/mol. The van der Waals surface area contributed by atoms with Crippen LogP contribution < -0.4 is 10.1 Å². The van der Waals surface area contributed by atoms with E-state index in [1.54, 1.807) is 0 Å². The molecule has 11 heteroatoms. The molecule has 0 aromatic heterocycles. The first-order valence-corrected chi connectivity index (χ1v) is 6.54. The van der Waals surface area contributed by atoms with Gasteiger partial charge in [0.2, 0.25) is 0 Å². The highest BCUT2D eigenvalue weighted by Crippen LogP contribution is 2.38. The van der Waals surface area contributed by atoms with Crippen molar-refractivity contribution in [1.29, 1.82) is 0 Å². The molecule has 1 atom stereocenters. The van der Waals surface area contributed by atoms with Gasteiger partial charge in [-0.25, -0.2) is 0 Å². The van der Waals surface area contributed by atoms with Gasteiger partial charge in [-0.05, 0) is 17.7 Å². The average Bonchev–Trinajstić information content (AvgIpc) is 2.39. The molecule has 1 aliphatic heterocycles. The van der Waals surface area contributed by atoms with E-state index < -0.39 is 24.3 Å². The number of nitrogens with one attached hydrogen (secondary N) is 1. The lowest BCUT2D eigenvalue weighted by Gasteiger charge is -2.36. The highest BCUT2D eigenvalue weighted by molar-refractivity contribution is 5.85. The molecule has 0 saturated carbocycles. The van der Waals surface area contributed by atoms with Crippen LogP contribution in [0.25, 0.3) is 0 Å². The standard InChI is InChI=1S/C13H14F6N2O.2ClH/c14-12(15,16)11(21-7-5-20-6-8-21)9-1-3-10(4-2-9)22-13(17,18)19;;/h1-4,11,20H,5-8H2;2*1H/t11-;;/m1../s1. The fourth-order valence-electron chi connectivity index (χ4n) is 2.40. The molecule has 0 spiro atoms. The molecule has 2 rings (SSSR count). The van der Waals surface area contributed by atoms with E-state index in [-0.39, 0.29) is 43.5 Å². The molecule has 0 aliphatic carbocycles. The van der Waals surface area contributed by atoms with Gasteiger partial charge in [0.1, 0.15) is 11.8 Å². The smallest absolute Gasteiger partial charge is 0.406 e. The maximum atomic E-state index is 13.3. The first kappa shape index (κ1) is 23.1. The molecular formula is C13H16Cl2F6N2O. The summed E-state index contributed by atoms with van der Waals surface area (Å²) in [6, 6.07) is 1.98. The van der Waals surface area contributed by atoms with Gasteiger partial charge in [0.05, 0.1) is 0 Å². The van der Waals surface area contributed by atoms with Gasteiger partial charge in [-0.15, -0.1) is 38.0 Å². The highest BCUT2D eigenvalue weighted by Gasteiger charge is 2.44. The molecule has 140 valence electrons. The molecular weight excluding hydrogens is 385 g/mol. The monoisotopic (exact) mass is 400 g/mol. The van der Waals surface area contributed by atoms with Crippen LogP contribution in [0.5, 0.6) is 5.75 Å². The van der Waals surface area contributed by atoms with Crippen molar-refractivity contribution in [2.45, 2.75) is 18.6 Å². The van der Waals surface area contributed by atoms with Crippen LogP contribution in [0.15, 0.2) is 24.3 Å². The van der Waals surface area contributed by atoms with Crippen LogP contribution in [-0.4, -0.2) is 43.6 Å². The number of alkyl halides is 6. The van der Waals surface area contributed by atoms with E-state index in [9.17, 15) is 26.3 Å². The number of hydrogen-bond acceptors (Lipinski definition) is 3. The summed E-state index contributed by atoms with van der Waals surface area (Å²) in [5.41, 5.74) is -0.107. The maximum Gasteiger partial charge on any atom is 0.573 e. The minimum absolute atomic E-state index is 0. The Kier molecular flexibility index (Phi) is 8.64. The lowest BCUT2D eigenvalue weighted by atomic mass is 10.0. The summed E-state index contributed by atoms with van der Waals surface area (Å²) < 4.78 is 79.7. The topological polar surface area (TPSA) is 24.5 Å². The molecule has 1 heterocycles. The summed E-state index contributed by atoms with van der Waals surface area (Å²) in [5, 5.41) is 2.95. The number of ether oxygens (including phenoxy) is 1. The minimum atomic E-state index is -4.87. The zero-order chi connectivity index (χ0) is 16.4. The number of benzene rings is 1. The molecule has 1 saturated heterocycles. The van der Waals surface area contributed by atoms with Crippen LogP contribution in [0.2, 0.25) is 0 Å². The summed E-state index contributed by atoms with van der Waals surface area (Å²) in [6.45, 7) is 1.29. The van der Waals surface area contributed by atoms with Gasteiger partial charge in [-0.3, -0.25) is 4.90 Å². The van der Waals surface area contributed by atoms with Crippen molar-refractivity contribution in [1.82, 2.24) is 10.2 Å². The van der Waals surface area contributed by atoms with Gasteiger partial charge in [-0.2, -0.15) is 13.2 Å². The zero-order valence-corrected chi connectivity index (χ0v) is 13.8. The molecule has 1 aromatic carbocycles. The second kappa shape index (κ2) is 8.98. The number of halogens is 8. The predicted octanol–water partition coefficient (Wildman–Crippen LogP) is 3.94. The van der Waals surface area contributed by atoms with Crippen molar-refractivity contribution in [3.63, 3.8) is 0 Å². The third-order valence-electron chi connectivity index (χ3n) is 3.26. The summed E-state index contributed by atoms with van der Waals surface area (Å²) in [5.74, 6) is -0.544. The Balaban J connectivity index is 0.00000264. The van der Waals surface area contributed by atoms with Crippen molar-refractivity contribution >= 4 is 24.8 Å². The third-order valence-corrected chi connectivity index (χ3v) is 3.26. The van der Waals surface area contributed by atoms with Crippen LogP contribution in [0, 0.1) is 0 Å². The van der Waals surface area contributed by atoms with Crippen LogP contribution in [0.3, 0.4) is 0 Å². The first-order chi connectivity index (χ1) is 10.2. The van der Waals surface area contributed by atoms with E-state index in [0.717, 1.165) is 24.3 Å². The Hall–Kier alpha value is -0.900. The molecule has 0 radical (unpaired) electrons.